The minimum atomic E-state index is -0.249. The first-order valence-corrected chi connectivity index (χ1v) is 9.27. The van der Waals surface area contributed by atoms with Gasteiger partial charge < -0.3 is 10.1 Å². The van der Waals surface area contributed by atoms with Gasteiger partial charge in [-0.2, -0.15) is 0 Å². The van der Waals surface area contributed by atoms with Crippen LogP contribution in [0.25, 0.3) is 0 Å². The largest absolute Gasteiger partial charge is 0.469 e. The van der Waals surface area contributed by atoms with E-state index in [1.165, 1.54) is 39.2 Å². The molecule has 1 aromatic carbocycles. The van der Waals surface area contributed by atoms with Gasteiger partial charge in [-0.25, -0.2) is 0 Å². The fraction of sp³-hybridized carbons (Fsp3) is 0.600. The first-order valence-electron chi connectivity index (χ1n) is 9.27. The Morgan fingerprint density at radius 2 is 1.88 bits per heavy atom. The van der Waals surface area contributed by atoms with Crippen molar-refractivity contribution in [3.05, 3.63) is 35.9 Å². The number of esters is 1. The second kappa shape index (κ2) is 10.9. The number of carbonyl (C=O) groups is 2. The van der Waals surface area contributed by atoms with Gasteiger partial charge in [0.25, 0.3) is 0 Å². The van der Waals surface area contributed by atoms with Crippen LogP contribution in [0.4, 0.5) is 0 Å². The number of hydrogen-bond donors (Lipinski definition) is 1. The summed E-state index contributed by atoms with van der Waals surface area (Å²) in [7, 11) is 1.39. The highest BCUT2D eigenvalue weighted by Crippen LogP contribution is 2.22. The molecule has 0 spiro atoms. The second-order valence-corrected chi connectivity index (χ2v) is 6.83. The molecule has 0 radical (unpaired) electrons. The molecular weight excluding hydrogens is 316 g/mol. The van der Waals surface area contributed by atoms with Crippen molar-refractivity contribution in [2.75, 3.05) is 26.7 Å². The molecule has 138 valence electrons. The molecule has 1 amide bonds. The molecule has 5 nitrogen and oxygen atoms in total. The number of methoxy groups -OCH3 is 1. The summed E-state index contributed by atoms with van der Waals surface area (Å²) < 4.78 is 4.72. The molecule has 0 bridgehead atoms. The normalized spacial score (nSPS) is 15.1. The van der Waals surface area contributed by atoms with Gasteiger partial charge in [-0.15, -0.1) is 0 Å². The zero-order chi connectivity index (χ0) is 17.9. The number of amides is 1. The Morgan fingerprint density at radius 1 is 1.16 bits per heavy atom. The van der Waals surface area contributed by atoms with Gasteiger partial charge in [-0.05, 0) is 24.3 Å². The zero-order valence-corrected chi connectivity index (χ0v) is 15.2. The van der Waals surface area contributed by atoms with Crippen LogP contribution in [0, 0.1) is 5.92 Å². The van der Waals surface area contributed by atoms with Crippen LogP contribution in [0.3, 0.4) is 0 Å². The van der Waals surface area contributed by atoms with Crippen LogP contribution in [-0.4, -0.2) is 43.5 Å². The zero-order valence-electron chi connectivity index (χ0n) is 15.2. The van der Waals surface area contributed by atoms with Gasteiger partial charge in [0, 0.05) is 19.6 Å². The van der Waals surface area contributed by atoms with Crippen molar-refractivity contribution in [3.63, 3.8) is 0 Å². The fourth-order valence-electron chi connectivity index (χ4n) is 3.32. The van der Waals surface area contributed by atoms with Gasteiger partial charge >= 0.3 is 5.97 Å². The molecule has 1 aromatic rings. The summed E-state index contributed by atoms with van der Waals surface area (Å²) in [6.45, 7) is 2.24. The molecule has 0 aromatic heterocycles. The molecule has 1 N–H and O–H groups in total. The molecule has 0 saturated heterocycles. The van der Waals surface area contributed by atoms with Gasteiger partial charge in [0.05, 0.1) is 20.1 Å². The van der Waals surface area contributed by atoms with E-state index in [1.807, 2.05) is 35.2 Å². The average molecular weight is 346 g/mol. The molecule has 0 unspecified atom stereocenters. The Balaban J connectivity index is 1.82. The predicted molar refractivity (Wildman–Crippen MR) is 97.9 cm³/mol. The Labute approximate surface area is 150 Å². The quantitative estimate of drug-likeness (QED) is 0.699. The fourth-order valence-corrected chi connectivity index (χ4v) is 3.32. The standard InChI is InChI=1S/C20H30N2O3/c1-25-20(24)12-13-22(15-18-10-6-3-7-11-18)16-19(23)21-14-17-8-4-2-5-9-17/h3,6-7,10-11,17H,2,4-5,8-9,12-16H2,1H3,(H,21,23). The Bertz CT molecular complexity index is 527. The van der Waals surface area contributed by atoms with Crippen LogP contribution >= 0.6 is 0 Å². The highest BCUT2D eigenvalue weighted by atomic mass is 16.5. The molecule has 25 heavy (non-hydrogen) atoms. The van der Waals surface area contributed by atoms with Crippen molar-refractivity contribution in [2.45, 2.75) is 45.1 Å². The molecule has 0 heterocycles. The van der Waals surface area contributed by atoms with E-state index in [1.54, 1.807) is 0 Å². The van der Waals surface area contributed by atoms with Gasteiger partial charge in [0.2, 0.25) is 5.91 Å². The lowest BCUT2D eigenvalue weighted by Crippen LogP contribution is -2.40. The van der Waals surface area contributed by atoms with Gasteiger partial charge in [-0.3, -0.25) is 14.5 Å². The SMILES string of the molecule is COC(=O)CCN(CC(=O)NCC1CCCCC1)Cc1ccccc1. The van der Waals surface area contributed by atoms with Crippen LogP contribution in [0.5, 0.6) is 0 Å². The predicted octanol–water partition coefficient (Wildman–Crippen LogP) is 2.75. The third-order valence-corrected chi connectivity index (χ3v) is 4.79. The van der Waals surface area contributed by atoms with Gasteiger partial charge in [-0.1, -0.05) is 49.6 Å². The van der Waals surface area contributed by atoms with E-state index in [-0.39, 0.29) is 11.9 Å². The molecule has 0 atom stereocenters. The van der Waals surface area contributed by atoms with Crippen molar-refractivity contribution in [1.29, 1.82) is 0 Å². The maximum absolute atomic E-state index is 12.3. The van der Waals surface area contributed by atoms with Crippen LogP contribution in [0.2, 0.25) is 0 Å². The summed E-state index contributed by atoms with van der Waals surface area (Å²) in [5.41, 5.74) is 1.13. The summed E-state index contributed by atoms with van der Waals surface area (Å²) in [5.74, 6) is 0.405. The lowest BCUT2D eigenvalue weighted by Gasteiger charge is -2.24. The van der Waals surface area contributed by atoms with Gasteiger partial charge in [0.15, 0.2) is 0 Å². The lowest BCUT2D eigenvalue weighted by atomic mass is 9.89. The number of nitrogens with zero attached hydrogens (tertiary/aromatic N) is 1. The van der Waals surface area contributed by atoms with Crippen molar-refractivity contribution in [1.82, 2.24) is 10.2 Å². The molecule has 0 aliphatic heterocycles. The topological polar surface area (TPSA) is 58.6 Å². The van der Waals surface area contributed by atoms with E-state index < -0.39 is 0 Å². The summed E-state index contributed by atoms with van der Waals surface area (Å²) in [6.07, 6.45) is 6.61. The third kappa shape index (κ3) is 7.69. The monoisotopic (exact) mass is 346 g/mol. The van der Waals surface area contributed by atoms with Crippen LogP contribution in [-0.2, 0) is 20.9 Å². The number of hydrogen-bond acceptors (Lipinski definition) is 4. The van der Waals surface area contributed by atoms with E-state index in [4.69, 9.17) is 4.74 Å². The van der Waals surface area contributed by atoms with Crippen molar-refractivity contribution >= 4 is 11.9 Å². The minimum Gasteiger partial charge on any atom is -0.469 e. The van der Waals surface area contributed by atoms with Crippen molar-refractivity contribution < 1.29 is 14.3 Å². The van der Waals surface area contributed by atoms with E-state index >= 15 is 0 Å². The Morgan fingerprint density at radius 3 is 2.56 bits per heavy atom. The van der Waals surface area contributed by atoms with Gasteiger partial charge in [0.1, 0.15) is 0 Å². The lowest BCUT2D eigenvalue weighted by molar-refractivity contribution is -0.141. The second-order valence-electron chi connectivity index (χ2n) is 6.83. The van der Waals surface area contributed by atoms with Crippen LogP contribution in [0.15, 0.2) is 30.3 Å². The smallest absolute Gasteiger partial charge is 0.306 e. The van der Waals surface area contributed by atoms with E-state index in [0.29, 0.717) is 32.0 Å². The van der Waals surface area contributed by atoms with Crippen LogP contribution < -0.4 is 5.32 Å². The average Bonchev–Trinajstić information content (AvgIpc) is 2.66. The summed E-state index contributed by atoms with van der Waals surface area (Å²) >= 11 is 0. The first-order chi connectivity index (χ1) is 12.2. The molecular formula is C20H30N2O3. The number of carbonyl (C=O) groups excluding carboxylic acids is 2. The molecule has 5 heteroatoms. The van der Waals surface area contributed by atoms with Crippen molar-refractivity contribution in [3.8, 4) is 0 Å². The van der Waals surface area contributed by atoms with Crippen molar-refractivity contribution in [2.24, 2.45) is 5.92 Å². The molecule has 1 fully saturated rings. The number of nitrogens with one attached hydrogen (secondary N) is 1. The highest BCUT2D eigenvalue weighted by molar-refractivity contribution is 5.78. The summed E-state index contributed by atoms with van der Waals surface area (Å²) in [5, 5.41) is 3.07. The Kier molecular flexibility index (Phi) is 8.46. The number of rotatable bonds is 9. The maximum Gasteiger partial charge on any atom is 0.306 e. The number of ether oxygens (including phenoxy) is 1. The minimum absolute atomic E-state index is 0.0337. The van der Waals surface area contributed by atoms with E-state index in [9.17, 15) is 9.59 Å². The molecule has 1 aliphatic rings. The maximum atomic E-state index is 12.3. The highest BCUT2D eigenvalue weighted by Gasteiger charge is 2.17. The number of benzene rings is 1. The first kappa shape index (κ1) is 19.4. The van der Waals surface area contributed by atoms with E-state index in [0.717, 1.165) is 12.1 Å². The third-order valence-electron chi connectivity index (χ3n) is 4.79. The molecule has 2 rings (SSSR count). The molecule has 1 saturated carbocycles. The Hall–Kier alpha value is -1.88. The summed E-state index contributed by atoms with van der Waals surface area (Å²) in [4.78, 5) is 25.8. The van der Waals surface area contributed by atoms with E-state index in [2.05, 4.69) is 5.32 Å². The summed E-state index contributed by atoms with van der Waals surface area (Å²) in [6, 6.07) is 10.0. The molecule has 1 aliphatic carbocycles. The van der Waals surface area contributed by atoms with Crippen LogP contribution in [0.1, 0.15) is 44.1 Å².